The van der Waals surface area contributed by atoms with E-state index in [0.29, 0.717) is 26.1 Å². The van der Waals surface area contributed by atoms with Crippen LogP contribution in [0.4, 0.5) is 5.69 Å². The van der Waals surface area contributed by atoms with Crippen LogP contribution in [0.1, 0.15) is 48.0 Å². The van der Waals surface area contributed by atoms with Gasteiger partial charge in [-0.15, -0.1) is 0 Å². The largest absolute Gasteiger partial charge is 0.488 e. The van der Waals surface area contributed by atoms with Crippen LogP contribution in [0.5, 0.6) is 5.75 Å². The summed E-state index contributed by atoms with van der Waals surface area (Å²) >= 11 is 0. The average Bonchev–Trinajstić information content (AvgIpc) is 2.69. The Morgan fingerprint density at radius 3 is 2.29 bits per heavy atom. The van der Waals surface area contributed by atoms with Crippen molar-refractivity contribution in [1.82, 2.24) is 10.4 Å². The summed E-state index contributed by atoms with van der Waals surface area (Å²) in [6.45, 7) is 13.6. The van der Waals surface area contributed by atoms with Gasteiger partial charge in [-0.25, -0.2) is 5.48 Å². The number of aliphatic hydroxyl groups excluding tert-OH is 1. The van der Waals surface area contributed by atoms with E-state index in [4.69, 9.17) is 9.94 Å². The number of hydrogen-bond acceptors (Lipinski definition) is 6. The molecule has 0 spiro atoms. The van der Waals surface area contributed by atoms with Gasteiger partial charge in [-0.2, -0.15) is 0 Å². The number of nitrogens with one attached hydrogen (secondary N) is 1. The smallest absolute Gasteiger partial charge is 0.272 e. The number of ether oxygens (including phenoxy) is 1. The van der Waals surface area contributed by atoms with Crippen molar-refractivity contribution < 1.29 is 24.6 Å². The second kappa shape index (κ2) is 10.3. The number of hydrogen-bond donors (Lipinski definition) is 3. The fourth-order valence-electron chi connectivity index (χ4n) is 3.93. The van der Waals surface area contributed by atoms with Crippen LogP contribution in [0.15, 0.2) is 24.3 Å². The molecular formula is C23H37N3O5. The lowest BCUT2D eigenvalue weighted by atomic mass is 9.89. The van der Waals surface area contributed by atoms with Crippen molar-refractivity contribution in [3.63, 3.8) is 0 Å². The number of anilines is 1. The normalized spacial score (nSPS) is 19.2. The molecule has 1 heterocycles. The minimum absolute atomic E-state index is 0.0919. The van der Waals surface area contributed by atoms with Crippen molar-refractivity contribution in [3.8, 4) is 5.75 Å². The number of rotatable bonds is 7. The van der Waals surface area contributed by atoms with Gasteiger partial charge >= 0.3 is 0 Å². The van der Waals surface area contributed by atoms with E-state index in [1.54, 1.807) is 4.90 Å². The Morgan fingerprint density at radius 2 is 1.81 bits per heavy atom. The van der Waals surface area contributed by atoms with Crippen molar-refractivity contribution in [2.24, 2.45) is 11.8 Å². The molecule has 2 rings (SSSR count). The summed E-state index contributed by atoms with van der Waals surface area (Å²) in [5.74, 6) is -1.19. The molecule has 8 nitrogen and oxygen atoms in total. The summed E-state index contributed by atoms with van der Waals surface area (Å²) in [4.78, 5) is 28.9. The summed E-state index contributed by atoms with van der Waals surface area (Å²) in [7, 11) is 0. The van der Waals surface area contributed by atoms with Gasteiger partial charge in [0, 0.05) is 31.4 Å². The van der Waals surface area contributed by atoms with Gasteiger partial charge in [0.25, 0.3) is 5.91 Å². The van der Waals surface area contributed by atoms with Gasteiger partial charge in [-0.05, 0) is 64.3 Å². The van der Waals surface area contributed by atoms with E-state index in [2.05, 4.69) is 4.90 Å². The number of aliphatic hydroxyl groups is 1. The van der Waals surface area contributed by atoms with Gasteiger partial charge in [-0.3, -0.25) is 14.8 Å². The highest BCUT2D eigenvalue weighted by molar-refractivity contribution is 5.89. The van der Waals surface area contributed by atoms with Crippen LogP contribution in [0, 0.1) is 11.8 Å². The Hall–Kier alpha value is -2.32. The summed E-state index contributed by atoms with van der Waals surface area (Å²) in [6, 6.07) is 7.84. The van der Waals surface area contributed by atoms with Gasteiger partial charge in [0.05, 0.1) is 5.92 Å². The molecule has 3 atom stereocenters. The van der Waals surface area contributed by atoms with Crippen LogP contribution < -0.4 is 15.1 Å². The fourth-order valence-corrected chi connectivity index (χ4v) is 3.93. The SMILES string of the molecule is CC(C)C[C@H](C(=O)N1CCN(c2ccc(OC(C)(C)C)cc2)C[C@H]1C)[C@H](O)C(=O)NO. The zero-order valence-electron chi connectivity index (χ0n) is 19.5. The van der Waals surface area contributed by atoms with Crippen molar-refractivity contribution in [1.29, 1.82) is 0 Å². The first-order valence-electron chi connectivity index (χ1n) is 10.9. The molecule has 31 heavy (non-hydrogen) atoms. The van der Waals surface area contributed by atoms with Crippen molar-refractivity contribution in [2.45, 2.75) is 65.7 Å². The highest BCUT2D eigenvalue weighted by Crippen LogP contribution is 2.26. The van der Waals surface area contributed by atoms with E-state index in [1.165, 1.54) is 5.48 Å². The van der Waals surface area contributed by atoms with Gasteiger partial charge < -0.3 is 19.6 Å². The number of carbonyl (C=O) groups excluding carboxylic acids is 2. The Balaban J connectivity index is 2.07. The number of nitrogens with zero attached hydrogens (tertiary/aromatic N) is 2. The molecule has 1 aliphatic rings. The topological polar surface area (TPSA) is 102 Å². The number of piperazine rings is 1. The molecule has 0 bridgehead atoms. The van der Waals surface area contributed by atoms with Crippen LogP contribution in [-0.4, -0.2) is 64.4 Å². The molecule has 1 aromatic rings. The maximum Gasteiger partial charge on any atom is 0.272 e. The van der Waals surface area contributed by atoms with E-state index in [1.807, 2.05) is 65.8 Å². The van der Waals surface area contributed by atoms with Gasteiger partial charge in [0.1, 0.15) is 17.5 Å². The maximum absolute atomic E-state index is 13.2. The molecule has 2 amide bonds. The molecular weight excluding hydrogens is 398 g/mol. The second-order valence-corrected chi connectivity index (χ2v) is 9.69. The Kier molecular flexibility index (Phi) is 8.31. The molecule has 1 aliphatic heterocycles. The molecule has 0 unspecified atom stereocenters. The highest BCUT2D eigenvalue weighted by atomic mass is 16.5. The van der Waals surface area contributed by atoms with E-state index in [0.717, 1.165) is 11.4 Å². The predicted octanol–water partition coefficient (Wildman–Crippen LogP) is 2.43. The zero-order chi connectivity index (χ0) is 23.3. The van der Waals surface area contributed by atoms with Crippen LogP contribution in [0.25, 0.3) is 0 Å². The Labute approximate surface area is 185 Å². The first-order chi connectivity index (χ1) is 14.4. The van der Waals surface area contributed by atoms with E-state index < -0.39 is 17.9 Å². The molecule has 0 aromatic heterocycles. The number of amides is 2. The maximum atomic E-state index is 13.2. The molecule has 0 saturated carbocycles. The average molecular weight is 436 g/mol. The molecule has 0 radical (unpaired) electrons. The third-order valence-corrected chi connectivity index (χ3v) is 5.34. The number of benzene rings is 1. The van der Waals surface area contributed by atoms with E-state index >= 15 is 0 Å². The minimum atomic E-state index is -1.58. The Morgan fingerprint density at radius 1 is 1.19 bits per heavy atom. The van der Waals surface area contributed by atoms with E-state index in [-0.39, 0.29) is 23.5 Å². The lowest BCUT2D eigenvalue weighted by Gasteiger charge is -2.42. The lowest BCUT2D eigenvalue weighted by Crippen LogP contribution is -2.57. The Bertz CT molecular complexity index is 745. The van der Waals surface area contributed by atoms with Gasteiger partial charge in [0.15, 0.2) is 0 Å². The van der Waals surface area contributed by atoms with Crippen LogP contribution in [0.2, 0.25) is 0 Å². The first kappa shape index (κ1) is 24.9. The first-order valence-corrected chi connectivity index (χ1v) is 10.9. The predicted molar refractivity (Wildman–Crippen MR) is 119 cm³/mol. The third kappa shape index (κ3) is 6.83. The molecule has 0 aliphatic carbocycles. The van der Waals surface area contributed by atoms with Gasteiger partial charge in [0.2, 0.25) is 5.91 Å². The monoisotopic (exact) mass is 435 g/mol. The minimum Gasteiger partial charge on any atom is -0.488 e. The zero-order valence-corrected chi connectivity index (χ0v) is 19.5. The van der Waals surface area contributed by atoms with Crippen molar-refractivity contribution in [3.05, 3.63) is 24.3 Å². The summed E-state index contributed by atoms with van der Waals surface area (Å²) in [5, 5.41) is 19.2. The molecule has 1 fully saturated rings. The van der Waals surface area contributed by atoms with Crippen molar-refractivity contribution >= 4 is 17.5 Å². The second-order valence-electron chi connectivity index (χ2n) is 9.69. The van der Waals surface area contributed by atoms with E-state index in [9.17, 15) is 14.7 Å². The summed E-state index contributed by atoms with van der Waals surface area (Å²) < 4.78 is 5.88. The molecule has 1 saturated heterocycles. The quantitative estimate of drug-likeness (QED) is 0.449. The lowest BCUT2D eigenvalue weighted by molar-refractivity contribution is -0.152. The highest BCUT2D eigenvalue weighted by Gasteiger charge is 2.38. The summed E-state index contributed by atoms with van der Waals surface area (Å²) in [5.41, 5.74) is 2.25. The van der Waals surface area contributed by atoms with Crippen LogP contribution in [0.3, 0.4) is 0 Å². The molecule has 1 aromatic carbocycles. The number of hydroxylamine groups is 1. The molecule has 3 N–H and O–H groups in total. The van der Waals surface area contributed by atoms with Crippen LogP contribution >= 0.6 is 0 Å². The molecule has 174 valence electrons. The van der Waals surface area contributed by atoms with Crippen molar-refractivity contribution in [2.75, 3.05) is 24.5 Å². The molecule has 8 heteroatoms. The fraction of sp³-hybridized carbons (Fsp3) is 0.652. The van der Waals surface area contributed by atoms with Gasteiger partial charge in [-0.1, -0.05) is 13.8 Å². The number of carbonyl (C=O) groups is 2. The van der Waals surface area contributed by atoms with Crippen LogP contribution in [-0.2, 0) is 9.59 Å². The summed E-state index contributed by atoms with van der Waals surface area (Å²) in [6.07, 6.45) is -1.23. The standard InChI is InChI=1S/C23H37N3O5/c1-15(2)13-19(20(27)21(28)24-30)22(29)26-12-11-25(14-16(26)3)17-7-9-18(10-8-17)31-23(4,5)6/h7-10,15-16,19-20,27,30H,11-14H2,1-6H3,(H,24,28)/t16-,19+,20+/m1/s1. The third-order valence-electron chi connectivity index (χ3n) is 5.34.